The number of nitrogens with zero attached hydrogens (tertiary/aromatic N) is 1. The summed E-state index contributed by atoms with van der Waals surface area (Å²) in [5.74, 6) is 0. The van der Waals surface area contributed by atoms with Crippen molar-refractivity contribution in [2.75, 3.05) is 0 Å². The topological polar surface area (TPSA) is 49.8 Å². The van der Waals surface area contributed by atoms with Crippen LogP contribution in [0.1, 0.15) is 0 Å². The summed E-state index contributed by atoms with van der Waals surface area (Å²) in [4.78, 5) is 0. The van der Waals surface area contributed by atoms with Crippen molar-refractivity contribution in [3.05, 3.63) is 35.5 Å². The van der Waals surface area contributed by atoms with Crippen molar-refractivity contribution < 1.29 is 0 Å². The molecule has 0 radical (unpaired) electrons. The summed E-state index contributed by atoms with van der Waals surface area (Å²) >= 11 is 5.54. The lowest BCUT2D eigenvalue weighted by atomic mass is 10.4. The number of rotatable bonds is 2. The molecule has 10 heavy (non-hydrogen) atoms. The van der Waals surface area contributed by atoms with Crippen LogP contribution in [0.5, 0.6) is 0 Å². The number of nitrogens with two attached hydrogens (primary N) is 1. The van der Waals surface area contributed by atoms with E-state index in [1.54, 1.807) is 12.1 Å². The molecule has 0 heterocycles. The molecule has 0 aliphatic rings. The second-order valence-electron chi connectivity index (χ2n) is 1.50. The van der Waals surface area contributed by atoms with E-state index in [0.29, 0.717) is 5.03 Å². The van der Waals surface area contributed by atoms with Crippen molar-refractivity contribution in [3.63, 3.8) is 0 Å². The third-order valence-electron chi connectivity index (χ3n) is 0.700. The summed E-state index contributed by atoms with van der Waals surface area (Å²) in [6.07, 6.45) is 4.43. The van der Waals surface area contributed by atoms with Crippen molar-refractivity contribution in [1.82, 2.24) is 0 Å². The molecule has 0 amide bonds. The van der Waals surface area contributed by atoms with Crippen LogP contribution in [-0.4, -0.2) is 0 Å². The van der Waals surface area contributed by atoms with E-state index in [1.165, 1.54) is 12.2 Å². The Morgan fingerprint density at radius 1 is 1.70 bits per heavy atom. The van der Waals surface area contributed by atoms with Crippen molar-refractivity contribution in [3.8, 4) is 6.07 Å². The van der Waals surface area contributed by atoms with Crippen LogP contribution in [-0.2, 0) is 0 Å². The quantitative estimate of drug-likeness (QED) is 0.486. The van der Waals surface area contributed by atoms with Crippen LogP contribution in [0.3, 0.4) is 0 Å². The van der Waals surface area contributed by atoms with Gasteiger partial charge in [-0.15, -0.1) is 0 Å². The molecule has 0 aliphatic carbocycles. The summed E-state index contributed by atoms with van der Waals surface area (Å²) in [5, 5.41) is 8.59. The molecule has 2 N–H and O–H groups in total. The number of hydrogen-bond donors (Lipinski definition) is 1. The Morgan fingerprint density at radius 3 is 2.70 bits per heavy atom. The van der Waals surface area contributed by atoms with E-state index in [0.717, 1.165) is 0 Å². The number of hydrogen-bond acceptors (Lipinski definition) is 2. The Kier molecular flexibility index (Phi) is 4.10. The molecule has 0 rings (SSSR count). The molecule has 0 unspecified atom stereocenters. The molecule has 2 nitrogen and oxygen atoms in total. The Bertz CT molecular complexity index is 220. The average Bonchev–Trinajstić information content (AvgIpc) is 1.88. The lowest BCUT2D eigenvalue weighted by Gasteiger charge is -1.85. The van der Waals surface area contributed by atoms with Gasteiger partial charge in [0.15, 0.2) is 0 Å². The van der Waals surface area contributed by atoms with Gasteiger partial charge in [0, 0.05) is 5.03 Å². The Hall–Kier alpha value is -1.20. The maximum Gasteiger partial charge on any atom is 0.117 e. The monoisotopic (exact) mass is 154 g/mol. The van der Waals surface area contributed by atoms with Crippen LogP contribution in [0.2, 0.25) is 0 Å². The highest BCUT2D eigenvalue weighted by molar-refractivity contribution is 6.31. The second kappa shape index (κ2) is 4.66. The molecule has 0 saturated carbocycles. The minimum Gasteiger partial charge on any atom is -0.390 e. The van der Waals surface area contributed by atoms with Crippen LogP contribution in [0.15, 0.2) is 35.5 Å². The van der Waals surface area contributed by atoms with Gasteiger partial charge >= 0.3 is 0 Å². The van der Waals surface area contributed by atoms with Crippen molar-refractivity contribution in [2.45, 2.75) is 0 Å². The molecule has 0 bridgehead atoms. The van der Waals surface area contributed by atoms with Gasteiger partial charge in [0.25, 0.3) is 0 Å². The van der Waals surface area contributed by atoms with Crippen LogP contribution in [0.25, 0.3) is 0 Å². The fraction of sp³-hybridized carbons (Fsp3) is 0. The zero-order valence-electron chi connectivity index (χ0n) is 5.34. The molecule has 0 atom stereocenters. The highest BCUT2D eigenvalue weighted by Gasteiger charge is 1.86. The first-order chi connectivity index (χ1) is 4.70. The molecule has 0 spiro atoms. The van der Waals surface area contributed by atoms with Crippen LogP contribution < -0.4 is 5.73 Å². The SMILES string of the molecule is C=C/C=C(Cl)\C=C(/N)C#N. The molecule has 3 heteroatoms. The number of nitriles is 1. The molecule has 0 aromatic heterocycles. The fourth-order valence-corrected chi connectivity index (χ4v) is 0.548. The lowest BCUT2D eigenvalue weighted by Crippen LogP contribution is -1.91. The number of allylic oxidation sites excluding steroid dienone is 5. The van der Waals surface area contributed by atoms with Gasteiger partial charge in [0.05, 0.1) is 0 Å². The largest absolute Gasteiger partial charge is 0.390 e. The third-order valence-corrected chi connectivity index (χ3v) is 0.935. The van der Waals surface area contributed by atoms with E-state index >= 15 is 0 Å². The van der Waals surface area contributed by atoms with Gasteiger partial charge in [-0.2, -0.15) is 5.26 Å². The summed E-state index contributed by atoms with van der Waals surface area (Å²) in [6.45, 7) is 3.42. The molecule has 0 aliphatic heterocycles. The Morgan fingerprint density at radius 2 is 2.30 bits per heavy atom. The van der Waals surface area contributed by atoms with Crippen molar-refractivity contribution >= 4 is 11.6 Å². The van der Waals surface area contributed by atoms with Crippen molar-refractivity contribution in [2.24, 2.45) is 5.73 Å². The molecular formula is C7H7ClN2. The Labute approximate surface area is 64.9 Å². The second-order valence-corrected chi connectivity index (χ2v) is 1.94. The average molecular weight is 155 g/mol. The van der Waals surface area contributed by atoms with Gasteiger partial charge in [0.1, 0.15) is 11.8 Å². The molecule has 0 aromatic carbocycles. The Balaban J connectivity index is 4.29. The summed E-state index contributed by atoms with van der Waals surface area (Å²) in [6, 6.07) is 1.73. The first kappa shape index (κ1) is 8.80. The van der Waals surface area contributed by atoms with Gasteiger partial charge in [0.2, 0.25) is 0 Å². The van der Waals surface area contributed by atoms with Gasteiger partial charge < -0.3 is 5.73 Å². The zero-order chi connectivity index (χ0) is 7.98. The van der Waals surface area contributed by atoms with E-state index in [2.05, 4.69) is 6.58 Å². The smallest absolute Gasteiger partial charge is 0.117 e. The standard InChI is InChI=1S/C7H7ClN2/c1-2-3-6(8)4-7(10)5-9/h2-4H,1,10H2/b6-3+,7-4-. The maximum atomic E-state index is 8.20. The first-order valence-corrected chi connectivity index (χ1v) is 2.94. The maximum absolute atomic E-state index is 8.20. The minimum absolute atomic E-state index is 0.0862. The highest BCUT2D eigenvalue weighted by atomic mass is 35.5. The van der Waals surface area contributed by atoms with Crippen LogP contribution in [0, 0.1) is 11.3 Å². The molecule has 0 fully saturated rings. The van der Waals surface area contributed by atoms with Crippen LogP contribution in [0.4, 0.5) is 0 Å². The molecular weight excluding hydrogens is 148 g/mol. The minimum atomic E-state index is 0.0862. The predicted molar refractivity (Wildman–Crippen MR) is 42.0 cm³/mol. The number of halogens is 1. The van der Waals surface area contributed by atoms with Gasteiger partial charge in [-0.05, 0) is 12.2 Å². The third kappa shape index (κ3) is 3.76. The van der Waals surface area contributed by atoms with E-state index in [9.17, 15) is 0 Å². The summed E-state index contributed by atoms with van der Waals surface area (Å²) in [5.41, 5.74) is 5.23. The van der Waals surface area contributed by atoms with Gasteiger partial charge in [-0.1, -0.05) is 24.3 Å². The van der Waals surface area contributed by atoms with Crippen LogP contribution >= 0.6 is 11.6 Å². The van der Waals surface area contributed by atoms with Gasteiger partial charge in [-0.25, -0.2) is 0 Å². The van der Waals surface area contributed by atoms with E-state index in [4.69, 9.17) is 22.6 Å². The zero-order valence-corrected chi connectivity index (χ0v) is 6.10. The summed E-state index contributed by atoms with van der Waals surface area (Å²) in [7, 11) is 0. The fourth-order valence-electron chi connectivity index (χ4n) is 0.342. The highest BCUT2D eigenvalue weighted by Crippen LogP contribution is 2.03. The normalized spacial score (nSPS) is 12.4. The van der Waals surface area contributed by atoms with E-state index in [1.807, 2.05) is 0 Å². The van der Waals surface area contributed by atoms with E-state index < -0.39 is 0 Å². The predicted octanol–water partition coefficient (Wildman–Crippen LogP) is 1.66. The van der Waals surface area contributed by atoms with Gasteiger partial charge in [-0.3, -0.25) is 0 Å². The summed E-state index contributed by atoms with van der Waals surface area (Å²) < 4.78 is 0. The van der Waals surface area contributed by atoms with E-state index in [-0.39, 0.29) is 5.70 Å². The van der Waals surface area contributed by atoms with Crippen molar-refractivity contribution in [1.29, 1.82) is 5.26 Å². The lowest BCUT2D eigenvalue weighted by molar-refractivity contribution is 1.38. The molecule has 0 aromatic rings. The first-order valence-electron chi connectivity index (χ1n) is 2.56. The molecule has 52 valence electrons. The molecule has 0 saturated heterocycles.